The minimum absolute atomic E-state index is 0. The summed E-state index contributed by atoms with van der Waals surface area (Å²) in [5, 5.41) is 6.21. The third-order valence-corrected chi connectivity index (χ3v) is 2.67. The molecule has 0 bridgehead atoms. The second-order valence-electron chi connectivity index (χ2n) is 4.30. The van der Waals surface area contributed by atoms with Crippen molar-refractivity contribution in [1.29, 1.82) is 0 Å². The number of aliphatic imine (C=N–C) groups is 1. The number of rotatable bonds is 7. The van der Waals surface area contributed by atoms with Crippen molar-refractivity contribution >= 4 is 29.9 Å². The molecule has 1 aromatic carbocycles. The zero-order valence-corrected chi connectivity index (χ0v) is 14.6. The van der Waals surface area contributed by atoms with Gasteiger partial charge in [-0.1, -0.05) is 0 Å². The maximum absolute atomic E-state index is 13.0. The second kappa shape index (κ2) is 11.7. The first-order valence-corrected chi connectivity index (χ1v) is 6.54. The predicted molar refractivity (Wildman–Crippen MR) is 91.3 cm³/mol. The van der Waals surface area contributed by atoms with Crippen LogP contribution in [0.5, 0.6) is 0 Å². The summed E-state index contributed by atoms with van der Waals surface area (Å²) in [4.78, 5) is 4.06. The van der Waals surface area contributed by atoms with E-state index in [0.717, 1.165) is 19.0 Å². The largest absolute Gasteiger partial charge is 0.385 e. The average Bonchev–Trinajstić information content (AvgIpc) is 2.40. The monoisotopic (exact) mass is 413 g/mol. The summed E-state index contributed by atoms with van der Waals surface area (Å²) in [5.74, 6) is -0.442. The lowest BCUT2D eigenvalue weighted by Crippen LogP contribution is -2.39. The molecular formula is C14H22F2IN3O. The van der Waals surface area contributed by atoms with E-state index in [1.165, 1.54) is 12.1 Å². The molecule has 0 heterocycles. The van der Waals surface area contributed by atoms with Crippen LogP contribution in [-0.4, -0.2) is 39.8 Å². The fourth-order valence-electron chi connectivity index (χ4n) is 1.72. The predicted octanol–water partition coefficient (Wildman–Crippen LogP) is 2.33. The van der Waals surface area contributed by atoms with Crippen molar-refractivity contribution in [2.75, 3.05) is 33.9 Å². The fraction of sp³-hybridized carbons (Fsp3) is 0.500. The lowest BCUT2D eigenvalue weighted by molar-refractivity contribution is 0.195. The van der Waals surface area contributed by atoms with E-state index in [1.807, 2.05) is 0 Å². The molecule has 0 aliphatic heterocycles. The summed E-state index contributed by atoms with van der Waals surface area (Å²) in [6.45, 7) is 1.99. The lowest BCUT2D eigenvalue weighted by atomic mass is 10.1. The molecule has 0 fully saturated rings. The first kappa shape index (κ1) is 20.0. The number of nitrogens with one attached hydrogen (secondary N) is 2. The molecule has 0 saturated carbocycles. The van der Waals surface area contributed by atoms with Crippen LogP contribution in [0.15, 0.2) is 23.2 Å². The summed E-state index contributed by atoms with van der Waals surface area (Å²) < 4.78 is 31.0. The molecule has 4 nitrogen and oxygen atoms in total. The van der Waals surface area contributed by atoms with Crippen molar-refractivity contribution < 1.29 is 13.5 Å². The molecule has 21 heavy (non-hydrogen) atoms. The van der Waals surface area contributed by atoms with Crippen molar-refractivity contribution in [2.45, 2.75) is 12.8 Å². The number of ether oxygens (including phenoxy) is 1. The van der Waals surface area contributed by atoms with E-state index in [-0.39, 0.29) is 24.0 Å². The third kappa shape index (κ3) is 8.82. The minimum atomic E-state index is -0.554. The van der Waals surface area contributed by atoms with Gasteiger partial charge in [-0.15, -0.1) is 24.0 Å². The maximum atomic E-state index is 13.0. The number of benzene rings is 1. The summed E-state index contributed by atoms with van der Waals surface area (Å²) in [7, 11) is 3.33. The summed E-state index contributed by atoms with van der Waals surface area (Å²) in [5.41, 5.74) is 0.616. The Kier molecular flexibility index (Phi) is 11.1. The van der Waals surface area contributed by atoms with Crippen molar-refractivity contribution in [3.05, 3.63) is 35.4 Å². The summed E-state index contributed by atoms with van der Waals surface area (Å²) in [6, 6.07) is 3.53. The molecular weight excluding hydrogens is 391 g/mol. The van der Waals surface area contributed by atoms with E-state index in [0.29, 0.717) is 31.1 Å². The average molecular weight is 413 g/mol. The van der Waals surface area contributed by atoms with Gasteiger partial charge in [0, 0.05) is 39.9 Å². The molecule has 0 radical (unpaired) electrons. The summed E-state index contributed by atoms with van der Waals surface area (Å²) in [6.07, 6.45) is 1.40. The van der Waals surface area contributed by atoms with Crippen LogP contribution in [-0.2, 0) is 11.2 Å². The number of hydrogen-bond acceptors (Lipinski definition) is 2. The van der Waals surface area contributed by atoms with Crippen LogP contribution < -0.4 is 10.6 Å². The van der Waals surface area contributed by atoms with Gasteiger partial charge in [0.15, 0.2) is 5.96 Å². The van der Waals surface area contributed by atoms with Crippen LogP contribution in [0.25, 0.3) is 0 Å². The Bertz CT molecular complexity index is 424. The molecule has 0 amide bonds. The van der Waals surface area contributed by atoms with Gasteiger partial charge >= 0.3 is 0 Å². The third-order valence-electron chi connectivity index (χ3n) is 2.67. The molecule has 1 aromatic rings. The van der Waals surface area contributed by atoms with E-state index in [4.69, 9.17) is 4.74 Å². The minimum Gasteiger partial charge on any atom is -0.385 e. The fourth-order valence-corrected chi connectivity index (χ4v) is 1.72. The molecule has 7 heteroatoms. The Morgan fingerprint density at radius 3 is 2.33 bits per heavy atom. The van der Waals surface area contributed by atoms with Crippen molar-refractivity contribution in [3.8, 4) is 0 Å². The van der Waals surface area contributed by atoms with Crippen LogP contribution in [0.1, 0.15) is 12.0 Å². The molecule has 0 spiro atoms. The van der Waals surface area contributed by atoms with E-state index >= 15 is 0 Å². The van der Waals surface area contributed by atoms with E-state index in [1.54, 1.807) is 14.2 Å². The smallest absolute Gasteiger partial charge is 0.190 e. The normalized spacial score (nSPS) is 11.0. The molecule has 0 unspecified atom stereocenters. The maximum Gasteiger partial charge on any atom is 0.190 e. The van der Waals surface area contributed by atoms with Crippen molar-refractivity contribution in [1.82, 2.24) is 10.6 Å². The van der Waals surface area contributed by atoms with E-state index in [2.05, 4.69) is 15.6 Å². The first-order valence-electron chi connectivity index (χ1n) is 6.54. The quantitative estimate of drug-likeness (QED) is 0.312. The second-order valence-corrected chi connectivity index (χ2v) is 4.30. The van der Waals surface area contributed by atoms with E-state index in [9.17, 15) is 8.78 Å². The lowest BCUT2D eigenvalue weighted by Gasteiger charge is -2.11. The molecule has 120 valence electrons. The van der Waals surface area contributed by atoms with Crippen LogP contribution in [0.3, 0.4) is 0 Å². The Hall–Kier alpha value is -0.960. The zero-order chi connectivity index (χ0) is 14.8. The standard InChI is InChI=1S/C14H21F2N3O.HI/c1-17-14(18-5-3-7-20-2)19-6-4-11-8-12(15)10-13(16)9-11;/h8-10H,3-7H2,1-2H3,(H2,17,18,19);1H. The number of halogens is 3. The molecule has 0 saturated heterocycles. The van der Waals surface area contributed by atoms with Crippen molar-refractivity contribution in [3.63, 3.8) is 0 Å². The van der Waals surface area contributed by atoms with Gasteiger partial charge in [0.25, 0.3) is 0 Å². The Morgan fingerprint density at radius 2 is 1.76 bits per heavy atom. The highest BCUT2D eigenvalue weighted by molar-refractivity contribution is 14.0. The number of methoxy groups -OCH3 is 1. The van der Waals surface area contributed by atoms with E-state index < -0.39 is 11.6 Å². The SMILES string of the molecule is CN=C(NCCCOC)NCCc1cc(F)cc(F)c1.I. The number of hydrogen-bond donors (Lipinski definition) is 2. The molecule has 0 aromatic heterocycles. The van der Waals surface area contributed by atoms with Gasteiger partial charge in [-0.25, -0.2) is 8.78 Å². The Labute approximate surface area is 141 Å². The Morgan fingerprint density at radius 1 is 1.14 bits per heavy atom. The van der Waals surface area contributed by atoms with Gasteiger partial charge < -0.3 is 15.4 Å². The molecule has 0 aliphatic carbocycles. The topological polar surface area (TPSA) is 45.7 Å². The van der Waals surface area contributed by atoms with Crippen LogP contribution in [0.2, 0.25) is 0 Å². The van der Waals surface area contributed by atoms with Gasteiger partial charge in [-0.3, -0.25) is 4.99 Å². The molecule has 2 N–H and O–H groups in total. The highest BCUT2D eigenvalue weighted by Crippen LogP contribution is 2.07. The van der Waals surface area contributed by atoms with Gasteiger partial charge in [-0.05, 0) is 30.5 Å². The first-order chi connectivity index (χ1) is 9.65. The van der Waals surface area contributed by atoms with Gasteiger partial charge in [0.1, 0.15) is 11.6 Å². The van der Waals surface area contributed by atoms with Gasteiger partial charge in [-0.2, -0.15) is 0 Å². The molecule has 0 atom stereocenters. The van der Waals surface area contributed by atoms with Crippen molar-refractivity contribution in [2.24, 2.45) is 4.99 Å². The van der Waals surface area contributed by atoms with Crippen LogP contribution in [0, 0.1) is 11.6 Å². The highest BCUT2D eigenvalue weighted by Gasteiger charge is 2.01. The van der Waals surface area contributed by atoms with Crippen LogP contribution >= 0.6 is 24.0 Å². The number of nitrogens with zero attached hydrogens (tertiary/aromatic N) is 1. The van der Waals surface area contributed by atoms with Gasteiger partial charge in [0.05, 0.1) is 0 Å². The van der Waals surface area contributed by atoms with Crippen LogP contribution in [0.4, 0.5) is 8.78 Å². The Balaban J connectivity index is 0.00000400. The zero-order valence-electron chi connectivity index (χ0n) is 12.3. The van der Waals surface area contributed by atoms with Gasteiger partial charge in [0.2, 0.25) is 0 Å². The summed E-state index contributed by atoms with van der Waals surface area (Å²) >= 11 is 0. The number of guanidine groups is 1. The molecule has 0 aliphatic rings. The molecule has 1 rings (SSSR count). The highest BCUT2D eigenvalue weighted by atomic mass is 127.